The van der Waals surface area contributed by atoms with Gasteiger partial charge in [0.2, 0.25) is 0 Å². The van der Waals surface area contributed by atoms with E-state index in [9.17, 15) is 4.79 Å². The van der Waals surface area contributed by atoms with E-state index in [1.54, 1.807) is 6.20 Å². The van der Waals surface area contributed by atoms with Crippen molar-refractivity contribution in [3.05, 3.63) is 11.8 Å². The van der Waals surface area contributed by atoms with E-state index in [4.69, 9.17) is 4.74 Å². The summed E-state index contributed by atoms with van der Waals surface area (Å²) in [6.07, 6.45) is 2.07. The molecule has 0 saturated carbocycles. The Bertz CT molecular complexity index is 320. The molecule has 0 atom stereocenters. The second-order valence-electron chi connectivity index (χ2n) is 3.74. The standard InChI is InChI=1S/C10H17N3O2/c1-4-8-5-11-13-9(8)12-10(14)15-6-7(2)3/h5,7H,4,6H2,1-3H3,(H2,11,12,13,14). The largest absolute Gasteiger partial charge is 0.449 e. The fourth-order valence-electron chi connectivity index (χ4n) is 1.07. The van der Waals surface area contributed by atoms with Crippen molar-refractivity contribution in [3.8, 4) is 0 Å². The molecule has 15 heavy (non-hydrogen) atoms. The number of carbonyl (C=O) groups excluding carboxylic acids is 1. The Hall–Kier alpha value is -1.52. The van der Waals surface area contributed by atoms with Gasteiger partial charge in [-0.15, -0.1) is 0 Å². The second kappa shape index (κ2) is 5.38. The summed E-state index contributed by atoms with van der Waals surface area (Å²) in [7, 11) is 0. The Morgan fingerprint density at radius 2 is 2.40 bits per heavy atom. The molecule has 0 fully saturated rings. The van der Waals surface area contributed by atoms with Crippen LogP contribution in [0.3, 0.4) is 0 Å². The maximum Gasteiger partial charge on any atom is 0.412 e. The van der Waals surface area contributed by atoms with Crippen LogP contribution in [0.15, 0.2) is 6.20 Å². The van der Waals surface area contributed by atoms with Crippen LogP contribution in [0.4, 0.5) is 10.6 Å². The molecule has 0 aliphatic carbocycles. The van der Waals surface area contributed by atoms with Gasteiger partial charge >= 0.3 is 6.09 Å². The molecule has 5 nitrogen and oxygen atoms in total. The van der Waals surface area contributed by atoms with Gasteiger partial charge in [-0.2, -0.15) is 5.10 Å². The maximum absolute atomic E-state index is 11.3. The van der Waals surface area contributed by atoms with Crippen LogP contribution < -0.4 is 5.32 Å². The summed E-state index contributed by atoms with van der Waals surface area (Å²) < 4.78 is 4.98. The third-order valence-corrected chi connectivity index (χ3v) is 1.87. The first-order valence-corrected chi connectivity index (χ1v) is 5.09. The average Bonchev–Trinajstić information content (AvgIpc) is 2.62. The molecule has 0 aliphatic heterocycles. The highest BCUT2D eigenvalue weighted by Crippen LogP contribution is 2.11. The van der Waals surface area contributed by atoms with Gasteiger partial charge < -0.3 is 4.74 Å². The zero-order chi connectivity index (χ0) is 11.3. The smallest absolute Gasteiger partial charge is 0.412 e. The molecule has 84 valence electrons. The molecule has 0 bridgehead atoms. The maximum atomic E-state index is 11.3. The number of hydrogen-bond donors (Lipinski definition) is 2. The van der Waals surface area contributed by atoms with Gasteiger partial charge in [0.15, 0.2) is 0 Å². The van der Waals surface area contributed by atoms with Gasteiger partial charge in [-0.3, -0.25) is 10.4 Å². The minimum atomic E-state index is -0.442. The Morgan fingerprint density at radius 1 is 1.67 bits per heavy atom. The lowest BCUT2D eigenvalue weighted by Crippen LogP contribution is -2.17. The molecule has 2 N–H and O–H groups in total. The number of aromatic amines is 1. The number of H-pyrrole nitrogens is 1. The number of ether oxygens (including phenoxy) is 1. The van der Waals surface area contributed by atoms with Crippen molar-refractivity contribution in [2.75, 3.05) is 11.9 Å². The molecule has 0 aliphatic rings. The molecule has 1 amide bonds. The molecule has 1 aromatic rings. The quantitative estimate of drug-likeness (QED) is 0.802. The highest BCUT2D eigenvalue weighted by molar-refractivity contribution is 5.84. The summed E-state index contributed by atoms with van der Waals surface area (Å²) in [5.41, 5.74) is 0.969. The summed E-state index contributed by atoms with van der Waals surface area (Å²) in [5, 5.41) is 9.18. The summed E-state index contributed by atoms with van der Waals surface area (Å²) in [6, 6.07) is 0. The van der Waals surface area contributed by atoms with Crippen molar-refractivity contribution in [3.63, 3.8) is 0 Å². The van der Waals surface area contributed by atoms with Gasteiger partial charge in [0.1, 0.15) is 5.82 Å². The first-order valence-electron chi connectivity index (χ1n) is 5.09. The molecule has 0 saturated heterocycles. The van der Waals surface area contributed by atoms with Gasteiger partial charge in [0.05, 0.1) is 12.8 Å². The van der Waals surface area contributed by atoms with Crippen LogP contribution >= 0.6 is 0 Å². The van der Waals surface area contributed by atoms with E-state index < -0.39 is 6.09 Å². The Balaban J connectivity index is 2.44. The third kappa shape index (κ3) is 3.61. The minimum absolute atomic E-state index is 0.336. The number of carbonyl (C=O) groups is 1. The van der Waals surface area contributed by atoms with E-state index in [1.807, 2.05) is 20.8 Å². The predicted octanol–water partition coefficient (Wildman–Crippen LogP) is 2.18. The van der Waals surface area contributed by atoms with Crippen molar-refractivity contribution >= 4 is 11.9 Å². The van der Waals surface area contributed by atoms with Crippen molar-refractivity contribution in [2.45, 2.75) is 27.2 Å². The van der Waals surface area contributed by atoms with E-state index in [0.29, 0.717) is 18.3 Å². The second-order valence-corrected chi connectivity index (χ2v) is 3.74. The summed E-state index contributed by atoms with van der Waals surface area (Å²) >= 11 is 0. The Kier molecular flexibility index (Phi) is 4.15. The topological polar surface area (TPSA) is 67.0 Å². The van der Waals surface area contributed by atoms with E-state index in [1.165, 1.54) is 0 Å². The SMILES string of the molecule is CCc1cn[nH]c1NC(=O)OCC(C)C. The van der Waals surface area contributed by atoms with Crippen LogP contribution in [-0.4, -0.2) is 22.9 Å². The first-order chi connectivity index (χ1) is 7.13. The molecule has 1 rings (SSSR count). The molecule has 0 unspecified atom stereocenters. The number of nitrogens with zero attached hydrogens (tertiary/aromatic N) is 1. The first kappa shape index (κ1) is 11.6. The van der Waals surface area contributed by atoms with Crippen LogP contribution in [0.5, 0.6) is 0 Å². The van der Waals surface area contributed by atoms with Gasteiger partial charge in [0.25, 0.3) is 0 Å². The molecule has 0 aromatic carbocycles. The highest BCUT2D eigenvalue weighted by atomic mass is 16.5. The van der Waals surface area contributed by atoms with Crippen LogP contribution in [0.2, 0.25) is 0 Å². The van der Waals surface area contributed by atoms with E-state index >= 15 is 0 Å². The minimum Gasteiger partial charge on any atom is -0.449 e. The lowest BCUT2D eigenvalue weighted by Gasteiger charge is -2.08. The van der Waals surface area contributed by atoms with Crippen LogP contribution in [0, 0.1) is 5.92 Å². The molecule has 0 spiro atoms. The van der Waals surface area contributed by atoms with Gasteiger partial charge in [-0.1, -0.05) is 20.8 Å². The zero-order valence-electron chi connectivity index (χ0n) is 9.33. The van der Waals surface area contributed by atoms with Crippen LogP contribution in [0.1, 0.15) is 26.3 Å². The fraction of sp³-hybridized carbons (Fsp3) is 0.600. The Morgan fingerprint density at radius 3 is 3.00 bits per heavy atom. The number of anilines is 1. The van der Waals surface area contributed by atoms with Crippen LogP contribution in [-0.2, 0) is 11.2 Å². The van der Waals surface area contributed by atoms with E-state index in [-0.39, 0.29) is 0 Å². The average molecular weight is 211 g/mol. The summed E-state index contributed by atoms with van der Waals surface area (Å²) in [5.74, 6) is 0.953. The zero-order valence-corrected chi connectivity index (χ0v) is 9.33. The van der Waals surface area contributed by atoms with Crippen molar-refractivity contribution in [1.82, 2.24) is 10.2 Å². The summed E-state index contributed by atoms with van der Waals surface area (Å²) in [6.45, 7) is 6.39. The highest BCUT2D eigenvalue weighted by Gasteiger charge is 2.08. The van der Waals surface area contributed by atoms with Gasteiger partial charge in [-0.05, 0) is 12.3 Å². The van der Waals surface area contributed by atoms with Crippen molar-refractivity contribution < 1.29 is 9.53 Å². The lowest BCUT2D eigenvalue weighted by atomic mass is 10.2. The number of rotatable bonds is 4. The van der Waals surface area contributed by atoms with E-state index in [0.717, 1.165) is 12.0 Å². The molecule has 0 radical (unpaired) electrons. The normalized spacial score (nSPS) is 10.4. The van der Waals surface area contributed by atoms with Crippen LogP contribution in [0.25, 0.3) is 0 Å². The van der Waals surface area contributed by atoms with E-state index in [2.05, 4.69) is 15.5 Å². The molecular formula is C10H17N3O2. The molecular weight excluding hydrogens is 194 g/mol. The number of nitrogens with one attached hydrogen (secondary N) is 2. The monoisotopic (exact) mass is 211 g/mol. The molecule has 1 aromatic heterocycles. The van der Waals surface area contributed by atoms with Gasteiger partial charge in [-0.25, -0.2) is 4.79 Å². The predicted molar refractivity (Wildman–Crippen MR) is 57.8 cm³/mol. The third-order valence-electron chi connectivity index (χ3n) is 1.87. The van der Waals surface area contributed by atoms with Crippen molar-refractivity contribution in [2.24, 2.45) is 5.92 Å². The molecule has 1 heterocycles. The van der Waals surface area contributed by atoms with Crippen molar-refractivity contribution in [1.29, 1.82) is 0 Å². The fourth-order valence-corrected chi connectivity index (χ4v) is 1.07. The number of hydrogen-bond acceptors (Lipinski definition) is 3. The lowest BCUT2D eigenvalue weighted by molar-refractivity contribution is 0.147. The number of aryl methyl sites for hydroxylation is 1. The number of aromatic nitrogens is 2. The Labute approximate surface area is 89.2 Å². The number of amides is 1. The van der Waals surface area contributed by atoms with Gasteiger partial charge in [0, 0.05) is 5.56 Å². The summed E-state index contributed by atoms with van der Waals surface area (Å²) in [4.78, 5) is 11.3. The molecule has 5 heteroatoms.